The molecule has 0 aliphatic heterocycles. The molecule has 3 rings (SSSR count). The van der Waals surface area contributed by atoms with Crippen molar-refractivity contribution in [3.8, 4) is 6.01 Å². The van der Waals surface area contributed by atoms with Gasteiger partial charge in [0.25, 0.3) is 0 Å². The highest BCUT2D eigenvalue weighted by atomic mass is 19.1. The maximum atomic E-state index is 13.0. The number of nitrogen functional groups attached to an aromatic ring is 1. The van der Waals surface area contributed by atoms with E-state index in [9.17, 15) is 4.39 Å². The van der Waals surface area contributed by atoms with E-state index in [4.69, 9.17) is 10.5 Å². The maximum Gasteiger partial charge on any atom is 0.318 e. The van der Waals surface area contributed by atoms with Crippen LogP contribution in [-0.4, -0.2) is 24.7 Å². The van der Waals surface area contributed by atoms with Gasteiger partial charge in [-0.15, -0.1) is 0 Å². The predicted molar refractivity (Wildman–Crippen MR) is 76.3 cm³/mol. The molecule has 0 radical (unpaired) electrons. The SMILES string of the molecule is Nc1nc(OCc2ccccc2Cn2cncn2)ncc1F. The van der Waals surface area contributed by atoms with Gasteiger partial charge in [-0.05, 0) is 11.1 Å². The van der Waals surface area contributed by atoms with E-state index in [0.717, 1.165) is 17.3 Å². The molecule has 7 nitrogen and oxygen atoms in total. The number of hydrogen-bond acceptors (Lipinski definition) is 6. The van der Waals surface area contributed by atoms with Crippen molar-refractivity contribution in [1.82, 2.24) is 24.7 Å². The van der Waals surface area contributed by atoms with Crippen molar-refractivity contribution in [2.24, 2.45) is 0 Å². The first-order valence-corrected chi connectivity index (χ1v) is 6.52. The van der Waals surface area contributed by atoms with Crippen molar-refractivity contribution < 1.29 is 9.13 Å². The minimum absolute atomic E-state index is 0.0365. The molecule has 0 amide bonds. The van der Waals surface area contributed by atoms with Crippen LogP contribution in [-0.2, 0) is 13.2 Å². The zero-order valence-corrected chi connectivity index (χ0v) is 11.6. The summed E-state index contributed by atoms with van der Waals surface area (Å²) in [5.41, 5.74) is 7.36. The lowest BCUT2D eigenvalue weighted by atomic mass is 10.1. The van der Waals surface area contributed by atoms with Crippen molar-refractivity contribution in [3.05, 3.63) is 60.1 Å². The molecule has 3 aromatic rings. The van der Waals surface area contributed by atoms with E-state index in [2.05, 4.69) is 20.1 Å². The van der Waals surface area contributed by atoms with Crippen molar-refractivity contribution in [1.29, 1.82) is 0 Å². The van der Waals surface area contributed by atoms with Crippen molar-refractivity contribution in [2.75, 3.05) is 5.73 Å². The van der Waals surface area contributed by atoms with Gasteiger partial charge in [0, 0.05) is 0 Å². The largest absolute Gasteiger partial charge is 0.459 e. The Morgan fingerprint density at radius 1 is 1.23 bits per heavy atom. The second-order valence-electron chi connectivity index (χ2n) is 4.54. The van der Waals surface area contributed by atoms with E-state index >= 15 is 0 Å². The first kappa shape index (κ1) is 13.9. The summed E-state index contributed by atoms with van der Waals surface area (Å²) in [6, 6.07) is 7.78. The average molecular weight is 300 g/mol. The zero-order chi connectivity index (χ0) is 15.4. The number of rotatable bonds is 5. The highest BCUT2D eigenvalue weighted by Crippen LogP contribution is 2.14. The molecule has 2 aromatic heterocycles. The average Bonchev–Trinajstić information content (AvgIpc) is 3.03. The smallest absolute Gasteiger partial charge is 0.318 e. The summed E-state index contributed by atoms with van der Waals surface area (Å²) in [5.74, 6) is -0.903. The Balaban J connectivity index is 1.73. The third kappa shape index (κ3) is 3.17. The molecule has 0 unspecified atom stereocenters. The zero-order valence-electron chi connectivity index (χ0n) is 11.6. The molecular formula is C14H13FN6O. The molecule has 2 N–H and O–H groups in total. The third-order valence-corrected chi connectivity index (χ3v) is 3.02. The summed E-state index contributed by atoms with van der Waals surface area (Å²) in [7, 11) is 0. The molecule has 2 heterocycles. The van der Waals surface area contributed by atoms with Crippen LogP contribution in [0.1, 0.15) is 11.1 Å². The molecule has 1 aromatic carbocycles. The fraction of sp³-hybridized carbons (Fsp3) is 0.143. The molecule has 0 aliphatic carbocycles. The van der Waals surface area contributed by atoms with Crippen LogP contribution in [0.3, 0.4) is 0 Å². The van der Waals surface area contributed by atoms with Crippen molar-refractivity contribution in [2.45, 2.75) is 13.2 Å². The Kier molecular flexibility index (Phi) is 3.90. The Hall–Kier alpha value is -3.03. The monoisotopic (exact) mass is 300 g/mol. The van der Waals surface area contributed by atoms with Gasteiger partial charge in [0.1, 0.15) is 19.3 Å². The Morgan fingerprint density at radius 3 is 2.77 bits per heavy atom. The van der Waals surface area contributed by atoms with Crippen LogP contribution in [0.5, 0.6) is 6.01 Å². The molecule has 8 heteroatoms. The molecule has 112 valence electrons. The standard InChI is InChI=1S/C14H13FN6O/c15-12-5-18-14(20-13(12)16)22-7-11-4-2-1-3-10(11)6-21-9-17-8-19-21/h1-5,8-9H,6-7H2,(H2,16,18,20). The summed E-state index contributed by atoms with van der Waals surface area (Å²) in [6.07, 6.45) is 4.11. The number of hydrogen-bond donors (Lipinski definition) is 1. The number of anilines is 1. The summed E-state index contributed by atoms with van der Waals surface area (Å²) in [6.45, 7) is 0.821. The van der Waals surface area contributed by atoms with E-state index in [-0.39, 0.29) is 18.4 Å². The Labute approximate surface area is 125 Å². The molecule has 0 atom stereocenters. The summed E-state index contributed by atoms with van der Waals surface area (Å²) in [5, 5.41) is 4.07. The lowest BCUT2D eigenvalue weighted by molar-refractivity contribution is 0.278. The van der Waals surface area contributed by atoms with Gasteiger partial charge in [0.2, 0.25) is 0 Å². The van der Waals surface area contributed by atoms with Crippen LogP contribution < -0.4 is 10.5 Å². The van der Waals surface area contributed by atoms with E-state index in [1.807, 2.05) is 24.3 Å². The lowest BCUT2D eigenvalue weighted by Crippen LogP contribution is -2.07. The lowest BCUT2D eigenvalue weighted by Gasteiger charge is -2.10. The van der Waals surface area contributed by atoms with E-state index < -0.39 is 5.82 Å². The molecule has 0 aliphatic rings. The van der Waals surface area contributed by atoms with Gasteiger partial charge < -0.3 is 10.5 Å². The number of benzene rings is 1. The molecular weight excluding hydrogens is 287 g/mol. The maximum absolute atomic E-state index is 13.0. The van der Waals surface area contributed by atoms with Crippen LogP contribution in [0.2, 0.25) is 0 Å². The molecule has 0 bridgehead atoms. The van der Waals surface area contributed by atoms with Crippen LogP contribution in [0.25, 0.3) is 0 Å². The van der Waals surface area contributed by atoms with Gasteiger partial charge in [-0.3, -0.25) is 0 Å². The van der Waals surface area contributed by atoms with Gasteiger partial charge in [-0.2, -0.15) is 10.1 Å². The van der Waals surface area contributed by atoms with Gasteiger partial charge >= 0.3 is 6.01 Å². The molecule has 0 fully saturated rings. The number of nitrogens with zero attached hydrogens (tertiary/aromatic N) is 5. The summed E-state index contributed by atoms with van der Waals surface area (Å²) >= 11 is 0. The second kappa shape index (κ2) is 6.17. The fourth-order valence-electron chi connectivity index (χ4n) is 1.92. The van der Waals surface area contributed by atoms with E-state index in [1.165, 1.54) is 6.33 Å². The first-order chi connectivity index (χ1) is 10.7. The van der Waals surface area contributed by atoms with Crippen LogP contribution >= 0.6 is 0 Å². The predicted octanol–water partition coefficient (Wildman–Crippen LogP) is 1.42. The minimum Gasteiger partial charge on any atom is -0.459 e. The van der Waals surface area contributed by atoms with Crippen LogP contribution in [0.15, 0.2) is 43.1 Å². The van der Waals surface area contributed by atoms with Crippen molar-refractivity contribution >= 4 is 5.82 Å². The number of ether oxygens (including phenoxy) is 1. The quantitative estimate of drug-likeness (QED) is 0.766. The Morgan fingerprint density at radius 2 is 2.05 bits per heavy atom. The second-order valence-corrected chi connectivity index (χ2v) is 4.54. The topological polar surface area (TPSA) is 91.7 Å². The van der Waals surface area contributed by atoms with Crippen LogP contribution in [0, 0.1) is 5.82 Å². The van der Waals surface area contributed by atoms with Gasteiger partial charge in [-0.25, -0.2) is 19.0 Å². The van der Waals surface area contributed by atoms with Gasteiger partial charge in [0.15, 0.2) is 11.6 Å². The number of nitrogens with two attached hydrogens (primary N) is 1. The van der Waals surface area contributed by atoms with E-state index in [1.54, 1.807) is 11.0 Å². The first-order valence-electron chi connectivity index (χ1n) is 6.52. The molecule has 0 saturated carbocycles. The van der Waals surface area contributed by atoms with Crippen molar-refractivity contribution in [3.63, 3.8) is 0 Å². The normalized spacial score (nSPS) is 10.6. The highest BCUT2D eigenvalue weighted by Gasteiger charge is 2.07. The molecule has 0 spiro atoms. The summed E-state index contributed by atoms with van der Waals surface area (Å²) in [4.78, 5) is 11.4. The van der Waals surface area contributed by atoms with Gasteiger partial charge in [0.05, 0.1) is 12.7 Å². The van der Waals surface area contributed by atoms with Gasteiger partial charge in [-0.1, -0.05) is 24.3 Å². The number of aromatic nitrogens is 5. The van der Waals surface area contributed by atoms with Crippen LogP contribution in [0.4, 0.5) is 10.2 Å². The number of halogens is 1. The highest BCUT2D eigenvalue weighted by molar-refractivity contribution is 5.30. The molecule has 22 heavy (non-hydrogen) atoms. The fourth-order valence-corrected chi connectivity index (χ4v) is 1.92. The Bertz CT molecular complexity index is 762. The minimum atomic E-state index is -0.668. The third-order valence-electron chi connectivity index (χ3n) is 3.02. The van der Waals surface area contributed by atoms with E-state index in [0.29, 0.717) is 6.54 Å². The summed E-state index contributed by atoms with van der Waals surface area (Å²) < 4.78 is 20.2. The molecule has 0 saturated heterocycles.